The Balaban J connectivity index is 1.98. The number of fused-ring (bicyclic) bond motifs is 1. The average Bonchev–Trinajstić information content (AvgIpc) is 2.41. The second kappa shape index (κ2) is 5.61. The van der Waals surface area contributed by atoms with Gasteiger partial charge in [0.15, 0.2) is 6.61 Å². The van der Waals surface area contributed by atoms with Crippen molar-refractivity contribution in [1.82, 2.24) is 9.97 Å². The van der Waals surface area contributed by atoms with E-state index in [-0.39, 0.29) is 19.1 Å². The van der Waals surface area contributed by atoms with Gasteiger partial charge in [0, 0.05) is 10.2 Å². The minimum atomic E-state index is -0.137. The van der Waals surface area contributed by atoms with Gasteiger partial charge in [-0.1, -0.05) is 27.5 Å². The summed E-state index contributed by atoms with van der Waals surface area (Å²) in [6, 6.07) is 7.20. The predicted molar refractivity (Wildman–Crippen MR) is 82.6 cm³/mol. The van der Waals surface area contributed by atoms with Crippen LogP contribution in [0.1, 0.15) is 11.5 Å². The van der Waals surface area contributed by atoms with E-state index in [0.29, 0.717) is 22.4 Å². The highest BCUT2D eigenvalue weighted by Crippen LogP contribution is 2.35. The van der Waals surface area contributed by atoms with Crippen molar-refractivity contribution in [2.24, 2.45) is 0 Å². The number of aryl methyl sites for hydroxylation is 1. The van der Waals surface area contributed by atoms with Crippen LogP contribution in [0.4, 0.5) is 5.69 Å². The smallest absolute Gasteiger partial charge is 0.265 e. The van der Waals surface area contributed by atoms with E-state index in [1.54, 1.807) is 11.0 Å². The number of hydrogen-bond acceptors (Lipinski definition) is 4. The predicted octanol–water partition coefficient (Wildman–Crippen LogP) is 3.13. The number of benzene rings is 1. The van der Waals surface area contributed by atoms with Crippen molar-refractivity contribution in [3.05, 3.63) is 45.4 Å². The molecule has 1 aliphatic heterocycles. The second-order valence-corrected chi connectivity index (χ2v) is 5.93. The summed E-state index contributed by atoms with van der Waals surface area (Å²) in [6.07, 6.45) is 0. The molecule has 1 aromatic heterocycles. The highest BCUT2D eigenvalue weighted by Gasteiger charge is 2.26. The second-order valence-electron chi connectivity index (χ2n) is 4.63. The molecule has 5 nitrogen and oxygen atoms in total. The topological polar surface area (TPSA) is 55.3 Å². The summed E-state index contributed by atoms with van der Waals surface area (Å²) in [5, 5.41) is 0.368. The fourth-order valence-corrected chi connectivity index (χ4v) is 2.75. The van der Waals surface area contributed by atoms with Crippen molar-refractivity contribution in [3.8, 4) is 5.75 Å². The molecule has 0 unspecified atom stereocenters. The maximum absolute atomic E-state index is 12.1. The number of carbonyl (C=O) groups excluding carboxylic acids is 1. The number of hydrogen-bond donors (Lipinski definition) is 0. The molecule has 0 N–H and O–H groups in total. The van der Waals surface area contributed by atoms with Crippen molar-refractivity contribution >= 4 is 39.1 Å². The van der Waals surface area contributed by atoms with Crippen molar-refractivity contribution in [1.29, 1.82) is 0 Å². The molecule has 1 aliphatic rings. The van der Waals surface area contributed by atoms with Gasteiger partial charge < -0.3 is 4.74 Å². The lowest BCUT2D eigenvalue weighted by atomic mass is 10.2. The van der Waals surface area contributed by atoms with E-state index in [0.717, 1.165) is 10.2 Å². The Bertz CT molecular complexity index is 703. The van der Waals surface area contributed by atoms with Crippen LogP contribution >= 0.6 is 27.5 Å². The first kappa shape index (κ1) is 14.3. The van der Waals surface area contributed by atoms with Crippen LogP contribution in [0.3, 0.4) is 0 Å². The minimum Gasteiger partial charge on any atom is -0.482 e. The Kier molecular flexibility index (Phi) is 3.82. The molecular formula is C14H11BrClN3O2. The van der Waals surface area contributed by atoms with E-state index in [9.17, 15) is 4.79 Å². The van der Waals surface area contributed by atoms with Gasteiger partial charge in [0.25, 0.3) is 5.91 Å². The van der Waals surface area contributed by atoms with Gasteiger partial charge in [0.2, 0.25) is 0 Å². The number of aromatic nitrogens is 2. The zero-order valence-electron chi connectivity index (χ0n) is 11.1. The highest BCUT2D eigenvalue weighted by molar-refractivity contribution is 9.10. The first-order chi connectivity index (χ1) is 10.0. The number of ether oxygens (including phenoxy) is 1. The molecule has 0 bridgehead atoms. The number of halogens is 2. The fraction of sp³-hybridized carbons (Fsp3) is 0.214. The van der Waals surface area contributed by atoms with E-state index < -0.39 is 0 Å². The molecule has 2 aromatic rings. The van der Waals surface area contributed by atoms with Crippen LogP contribution in [-0.2, 0) is 11.3 Å². The van der Waals surface area contributed by atoms with Gasteiger partial charge >= 0.3 is 0 Å². The zero-order valence-corrected chi connectivity index (χ0v) is 13.5. The van der Waals surface area contributed by atoms with Crippen molar-refractivity contribution < 1.29 is 9.53 Å². The van der Waals surface area contributed by atoms with Crippen molar-refractivity contribution in [2.75, 3.05) is 11.5 Å². The van der Waals surface area contributed by atoms with Gasteiger partial charge in [-0.15, -0.1) is 0 Å². The molecule has 1 amide bonds. The van der Waals surface area contributed by atoms with Gasteiger partial charge in [-0.25, -0.2) is 9.97 Å². The first-order valence-electron chi connectivity index (χ1n) is 6.26. The lowest BCUT2D eigenvalue weighted by Crippen LogP contribution is -2.38. The van der Waals surface area contributed by atoms with Crippen LogP contribution in [0.5, 0.6) is 5.75 Å². The number of nitrogens with zero attached hydrogens (tertiary/aromatic N) is 3. The molecule has 0 saturated heterocycles. The summed E-state index contributed by atoms with van der Waals surface area (Å²) in [5.41, 5.74) is 1.46. The summed E-state index contributed by atoms with van der Waals surface area (Å²) in [4.78, 5) is 22.2. The SMILES string of the molecule is Cc1cc(Cl)nc(CN2C(=O)COc3ccc(Br)cc32)n1. The number of carbonyl (C=O) groups is 1. The first-order valence-corrected chi connectivity index (χ1v) is 7.43. The van der Waals surface area contributed by atoms with Crippen LogP contribution in [-0.4, -0.2) is 22.5 Å². The maximum Gasteiger partial charge on any atom is 0.265 e. The number of amides is 1. The molecule has 7 heteroatoms. The van der Waals surface area contributed by atoms with E-state index >= 15 is 0 Å². The standard InChI is InChI=1S/C14H11BrClN3O2/c1-8-4-12(16)18-13(17-8)6-19-10-5-9(15)2-3-11(10)21-7-14(19)20/h2-5H,6-7H2,1H3. The van der Waals surface area contributed by atoms with Gasteiger partial charge in [-0.2, -0.15) is 0 Å². The third kappa shape index (κ3) is 3.01. The Hall–Kier alpha value is -1.66. The lowest BCUT2D eigenvalue weighted by molar-refractivity contribution is -0.121. The number of rotatable bonds is 2. The summed E-state index contributed by atoms with van der Waals surface area (Å²) >= 11 is 9.34. The normalized spacial score (nSPS) is 13.9. The fourth-order valence-electron chi connectivity index (χ4n) is 2.15. The number of anilines is 1. The van der Waals surface area contributed by atoms with Crippen LogP contribution < -0.4 is 9.64 Å². The zero-order chi connectivity index (χ0) is 15.0. The Morgan fingerprint density at radius 1 is 1.38 bits per heavy atom. The molecule has 108 valence electrons. The molecule has 0 spiro atoms. The van der Waals surface area contributed by atoms with Gasteiger partial charge in [0.1, 0.15) is 16.7 Å². The van der Waals surface area contributed by atoms with Gasteiger partial charge in [0.05, 0.1) is 12.2 Å². The van der Waals surface area contributed by atoms with Crippen LogP contribution in [0.2, 0.25) is 5.15 Å². The quantitative estimate of drug-likeness (QED) is 0.764. The van der Waals surface area contributed by atoms with Crippen LogP contribution in [0, 0.1) is 6.92 Å². The van der Waals surface area contributed by atoms with E-state index in [1.807, 2.05) is 25.1 Å². The molecule has 0 fully saturated rings. The van der Waals surface area contributed by atoms with Crippen LogP contribution in [0.15, 0.2) is 28.7 Å². The van der Waals surface area contributed by atoms with Crippen LogP contribution in [0.25, 0.3) is 0 Å². The molecule has 2 heterocycles. The van der Waals surface area contributed by atoms with E-state index in [1.165, 1.54) is 0 Å². The third-order valence-electron chi connectivity index (χ3n) is 3.03. The molecule has 3 rings (SSSR count). The van der Waals surface area contributed by atoms with Gasteiger partial charge in [-0.05, 0) is 31.2 Å². The molecular weight excluding hydrogens is 358 g/mol. The molecule has 1 aromatic carbocycles. The van der Waals surface area contributed by atoms with Gasteiger partial charge in [-0.3, -0.25) is 9.69 Å². The lowest BCUT2D eigenvalue weighted by Gasteiger charge is -2.29. The molecule has 21 heavy (non-hydrogen) atoms. The van der Waals surface area contributed by atoms with Crippen molar-refractivity contribution in [3.63, 3.8) is 0 Å². The summed E-state index contributed by atoms with van der Waals surface area (Å²) < 4.78 is 6.30. The highest BCUT2D eigenvalue weighted by atomic mass is 79.9. The Morgan fingerprint density at radius 2 is 2.19 bits per heavy atom. The monoisotopic (exact) mass is 367 g/mol. The Morgan fingerprint density at radius 3 is 2.95 bits per heavy atom. The minimum absolute atomic E-state index is 0.00812. The van der Waals surface area contributed by atoms with E-state index in [4.69, 9.17) is 16.3 Å². The Labute approximate surface area is 135 Å². The largest absolute Gasteiger partial charge is 0.482 e. The molecule has 0 saturated carbocycles. The summed E-state index contributed by atoms with van der Waals surface area (Å²) in [5.74, 6) is 1.03. The third-order valence-corrected chi connectivity index (χ3v) is 3.72. The molecule has 0 atom stereocenters. The summed E-state index contributed by atoms with van der Waals surface area (Å²) in [6.45, 7) is 2.10. The molecule has 0 aliphatic carbocycles. The average molecular weight is 369 g/mol. The van der Waals surface area contributed by atoms with Crippen molar-refractivity contribution in [2.45, 2.75) is 13.5 Å². The summed E-state index contributed by atoms with van der Waals surface area (Å²) in [7, 11) is 0. The molecule has 0 radical (unpaired) electrons. The maximum atomic E-state index is 12.1. The van der Waals surface area contributed by atoms with E-state index in [2.05, 4.69) is 25.9 Å².